The number of nitrogens with one attached hydrogen (secondary N) is 2. The number of carbonyl (C=O) groups is 1. The highest BCUT2D eigenvalue weighted by molar-refractivity contribution is 6.03. The Bertz CT molecular complexity index is 655. The van der Waals surface area contributed by atoms with Crippen molar-refractivity contribution in [3.05, 3.63) is 23.8 Å². The van der Waals surface area contributed by atoms with Crippen molar-refractivity contribution in [1.82, 2.24) is 15.2 Å². The SMILES string of the molecule is COc1n[nH]c(NC(=O)c2ccc3c(c2)OCCCO3)n1. The van der Waals surface area contributed by atoms with E-state index in [2.05, 4.69) is 20.5 Å². The lowest BCUT2D eigenvalue weighted by Crippen LogP contribution is -2.13. The van der Waals surface area contributed by atoms with E-state index < -0.39 is 0 Å². The van der Waals surface area contributed by atoms with Gasteiger partial charge in [-0.3, -0.25) is 10.1 Å². The Morgan fingerprint density at radius 1 is 1.33 bits per heavy atom. The van der Waals surface area contributed by atoms with Gasteiger partial charge in [-0.05, 0) is 18.2 Å². The summed E-state index contributed by atoms with van der Waals surface area (Å²) >= 11 is 0. The van der Waals surface area contributed by atoms with Gasteiger partial charge in [0.2, 0.25) is 5.95 Å². The summed E-state index contributed by atoms with van der Waals surface area (Å²) in [4.78, 5) is 16.1. The number of hydrogen-bond acceptors (Lipinski definition) is 6. The Morgan fingerprint density at radius 2 is 2.14 bits per heavy atom. The molecule has 1 amide bonds. The molecule has 2 N–H and O–H groups in total. The molecule has 1 aliphatic heterocycles. The summed E-state index contributed by atoms with van der Waals surface area (Å²) in [6.07, 6.45) is 0.814. The van der Waals surface area contributed by atoms with E-state index in [1.54, 1.807) is 18.2 Å². The maximum absolute atomic E-state index is 12.1. The third-order valence-corrected chi connectivity index (χ3v) is 2.89. The van der Waals surface area contributed by atoms with Gasteiger partial charge in [-0.15, -0.1) is 5.10 Å². The highest BCUT2D eigenvalue weighted by Crippen LogP contribution is 2.30. The van der Waals surface area contributed by atoms with Gasteiger partial charge in [-0.2, -0.15) is 4.98 Å². The smallest absolute Gasteiger partial charge is 0.336 e. The number of fused-ring (bicyclic) bond motifs is 1. The van der Waals surface area contributed by atoms with Crippen LogP contribution in [-0.2, 0) is 0 Å². The van der Waals surface area contributed by atoms with Crippen molar-refractivity contribution in [2.24, 2.45) is 0 Å². The number of hydrogen-bond donors (Lipinski definition) is 2. The van der Waals surface area contributed by atoms with Gasteiger partial charge in [0.05, 0.1) is 20.3 Å². The Kier molecular flexibility index (Phi) is 3.59. The van der Waals surface area contributed by atoms with Crippen LogP contribution in [0.4, 0.5) is 5.95 Å². The number of ether oxygens (including phenoxy) is 3. The first-order valence-corrected chi connectivity index (χ1v) is 6.43. The molecule has 0 saturated carbocycles. The average Bonchev–Trinajstić information content (AvgIpc) is 2.82. The molecule has 2 aromatic rings. The zero-order valence-electron chi connectivity index (χ0n) is 11.4. The number of rotatable bonds is 3. The maximum atomic E-state index is 12.1. The minimum absolute atomic E-state index is 0.156. The first-order valence-electron chi connectivity index (χ1n) is 6.43. The van der Waals surface area contributed by atoms with Crippen LogP contribution in [0.5, 0.6) is 17.5 Å². The molecule has 1 aromatic heterocycles. The van der Waals surface area contributed by atoms with E-state index in [0.717, 1.165) is 6.42 Å². The van der Waals surface area contributed by atoms with Crippen LogP contribution >= 0.6 is 0 Å². The van der Waals surface area contributed by atoms with E-state index in [1.807, 2.05) is 0 Å². The Morgan fingerprint density at radius 3 is 2.90 bits per heavy atom. The van der Waals surface area contributed by atoms with Crippen molar-refractivity contribution in [3.8, 4) is 17.5 Å². The van der Waals surface area contributed by atoms with Crippen LogP contribution in [-0.4, -0.2) is 41.4 Å². The molecule has 21 heavy (non-hydrogen) atoms. The van der Waals surface area contributed by atoms with Crippen LogP contribution < -0.4 is 19.5 Å². The lowest BCUT2D eigenvalue weighted by molar-refractivity contribution is 0.102. The molecule has 0 aliphatic carbocycles. The fourth-order valence-corrected chi connectivity index (χ4v) is 1.88. The standard InChI is InChI=1S/C13H14N4O4/c1-19-13-15-12(16-17-13)14-11(18)8-3-4-9-10(7-8)21-6-2-5-20-9/h3-4,7H,2,5-6H2,1H3,(H2,14,15,16,17,18). The molecule has 0 fully saturated rings. The van der Waals surface area contributed by atoms with Crippen LogP contribution in [0.15, 0.2) is 18.2 Å². The number of H-pyrrole nitrogens is 1. The summed E-state index contributed by atoms with van der Waals surface area (Å²) in [5.41, 5.74) is 0.439. The van der Waals surface area contributed by atoms with Gasteiger partial charge in [0, 0.05) is 12.0 Å². The summed E-state index contributed by atoms with van der Waals surface area (Å²) in [5.74, 6) is 1.09. The summed E-state index contributed by atoms with van der Waals surface area (Å²) in [7, 11) is 1.44. The van der Waals surface area contributed by atoms with Gasteiger partial charge < -0.3 is 14.2 Å². The van der Waals surface area contributed by atoms with Gasteiger partial charge >= 0.3 is 6.01 Å². The Hall–Kier alpha value is -2.77. The molecule has 3 rings (SSSR count). The van der Waals surface area contributed by atoms with E-state index in [9.17, 15) is 4.79 Å². The first-order chi connectivity index (χ1) is 10.3. The van der Waals surface area contributed by atoms with Gasteiger partial charge in [0.15, 0.2) is 11.5 Å². The van der Waals surface area contributed by atoms with E-state index >= 15 is 0 Å². The molecule has 0 radical (unpaired) electrons. The number of aromatic nitrogens is 3. The predicted octanol–water partition coefficient (Wildman–Crippen LogP) is 1.23. The number of nitrogens with zero attached hydrogens (tertiary/aromatic N) is 2. The molecule has 0 saturated heterocycles. The fourth-order valence-electron chi connectivity index (χ4n) is 1.88. The molecule has 0 spiro atoms. The van der Waals surface area contributed by atoms with Crippen LogP contribution in [0, 0.1) is 0 Å². The van der Waals surface area contributed by atoms with Gasteiger partial charge in [-0.25, -0.2) is 5.10 Å². The number of aromatic amines is 1. The van der Waals surface area contributed by atoms with Crippen molar-refractivity contribution < 1.29 is 19.0 Å². The number of methoxy groups -OCH3 is 1. The molecule has 8 nitrogen and oxygen atoms in total. The maximum Gasteiger partial charge on any atom is 0.336 e. The van der Waals surface area contributed by atoms with Crippen molar-refractivity contribution in [2.45, 2.75) is 6.42 Å². The predicted molar refractivity (Wildman–Crippen MR) is 72.9 cm³/mol. The molecule has 1 aromatic carbocycles. The number of anilines is 1. The summed E-state index contributed by atoms with van der Waals surface area (Å²) < 4.78 is 15.9. The topological polar surface area (TPSA) is 98.4 Å². The van der Waals surface area contributed by atoms with E-state index in [4.69, 9.17) is 14.2 Å². The van der Waals surface area contributed by atoms with Crippen molar-refractivity contribution >= 4 is 11.9 Å². The Balaban J connectivity index is 1.76. The summed E-state index contributed by atoms with van der Waals surface area (Å²) in [6, 6.07) is 5.18. The molecule has 0 bridgehead atoms. The van der Waals surface area contributed by atoms with Crippen molar-refractivity contribution in [3.63, 3.8) is 0 Å². The molecular formula is C13H14N4O4. The van der Waals surface area contributed by atoms with Gasteiger partial charge in [0.1, 0.15) is 0 Å². The quantitative estimate of drug-likeness (QED) is 0.882. The first kappa shape index (κ1) is 13.2. The second kappa shape index (κ2) is 5.70. The highest BCUT2D eigenvalue weighted by Gasteiger charge is 2.15. The minimum Gasteiger partial charge on any atom is -0.490 e. The molecule has 110 valence electrons. The zero-order valence-corrected chi connectivity index (χ0v) is 11.4. The molecule has 1 aliphatic rings. The largest absolute Gasteiger partial charge is 0.490 e. The zero-order chi connectivity index (χ0) is 14.7. The Labute approximate surface area is 120 Å². The number of amides is 1. The van der Waals surface area contributed by atoms with Crippen LogP contribution in [0.25, 0.3) is 0 Å². The molecule has 8 heteroatoms. The number of benzene rings is 1. The number of carbonyl (C=O) groups excluding carboxylic acids is 1. The summed E-state index contributed by atoms with van der Waals surface area (Å²) in [5, 5.41) is 8.89. The highest BCUT2D eigenvalue weighted by atomic mass is 16.5. The second-order valence-corrected chi connectivity index (χ2v) is 4.34. The van der Waals surface area contributed by atoms with Crippen LogP contribution in [0.3, 0.4) is 0 Å². The molecule has 0 atom stereocenters. The average molecular weight is 290 g/mol. The molecule has 2 heterocycles. The van der Waals surface area contributed by atoms with E-state index in [-0.39, 0.29) is 17.9 Å². The van der Waals surface area contributed by atoms with Crippen molar-refractivity contribution in [1.29, 1.82) is 0 Å². The van der Waals surface area contributed by atoms with E-state index in [1.165, 1.54) is 7.11 Å². The molecule has 0 unspecified atom stereocenters. The van der Waals surface area contributed by atoms with E-state index in [0.29, 0.717) is 30.3 Å². The third-order valence-electron chi connectivity index (χ3n) is 2.89. The van der Waals surface area contributed by atoms with Crippen molar-refractivity contribution in [2.75, 3.05) is 25.6 Å². The minimum atomic E-state index is -0.329. The molecular weight excluding hydrogens is 276 g/mol. The van der Waals surface area contributed by atoms with Gasteiger partial charge in [-0.1, -0.05) is 0 Å². The van der Waals surface area contributed by atoms with Crippen LogP contribution in [0.2, 0.25) is 0 Å². The third kappa shape index (κ3) is 2.88. The van der Waals surface area contributed by atoms with Crippen LogP contribution in [0.1, 0.15) is 16.8 Å². The second-order valence-electron chi connectivity index (χ2n) is 4.34. The normalized spacial score (nSPS) is 13.4. The van der Waals surface area contributed by atoms with Gasteiger partial charge in [0.25, 0.3) is 5.91 Å². The fraction of sp³-hybridized carbons (Fsp3) is 0.308. The summed E-state index contributed by atoms with van der Waals surface area (Å²) in [6.45, 7) is 1.17. The monoisotopic (exact) mass is 290 g/mol. The lowest BCUT2D eigenvalue weighted by atomic mass is 10.2. The lowest BCUT2D eigenvalue weighted by Gasteiger charge is -2.08.